The molecular formula is C18H25FIN3O2. The molecule has 0 fully saturated rings. The van der Waals surface area contributed by atoms with Crippen molar-refractivity contribution in [1.29, 1.82) is 0 Å². The first-order valence-corrected chi connectivity index (χ1v) is 8.06. The predicted octanol–water partition coefficient (Wildman–Crippen LogP) is 3.00. The first-order chi connectivity index (χ1) is 11.8. The molecule has 0 aliphatic heterocycles. The quantitative estimate of drug-likeness (QED) is 0.261. The Morgan fingerprint density at radius 1 is 1.16 bits per heavy atom. The molecule has 1 heterocycles. The minimum absolute atomic E-state index is 0. The van der Waals surface area contributed by atoms with Crippen LogP contribution in [-0.2, 0) is 17.6 Å². The number of hydrogen-bond donors (Lipinski definition) is 2. The molecule has 0 bridgehead atoms. The van der Waals surface area contributed by atoms with Gasteiger partial charge in [-0.1, -0.05) is 12.1 Å². The number of hydrogen-bond acceptors (Lipinski definition) is 3. The van der Waals surface area contributed by atoms with Crippen LogP contribution >= 0.6 is 24.0 Å². The Hall–Kier alpha value is -1.61. The van der Waals surface area contributed by atoms with Crippen LogP contribution in [0.4, 0.5) is 4.39 Å². The Balaban J connectivity index is 0.00000312. The number of nitrogens with one attached hydrogen (secondary N) is 2. The SMILES string of the molecule is COCCN=C(NCCc1cccc(F)c1)NCCc1ccco1.I. The summed E-state index contributed by atoms with van der Waals surface area (Å²) in [5.74, 6) is 1.44. The Bertz CT molecular complexity index is 621. The third kappa shape index (κ3) is 8.87. The largest absolute Gasteiger partial charge is 0.469 e. The van der Waals surface area contributed by atoms with Gasteiger partial charge in [0, 0.05) is 26.6 Å². The second kappa shape index (κ2) is 12.7. The van der Waals surface area contributed by atoms with Crippen molar-refractivity contribution in [1.82, 2.24) is 10.6 Å². The van der Waals surface area contributed by atoms with Crippen molar-refractivity contribution in [3.8, 4) is 0 Å². The van der Waals surface area contributed by atoms with Gasteiger partial charge in [-0.05, 0) is 36.2 Å². The summed E-state index contributed by atoms with van der Waals surface area (Å²) in [4.78, 5) is 4.45. The fourth-order valence-electron chi connectivity index (χ4n) is 2.20. The minimum atomic E-state index is -0.210. The van der Waals surface area contributed by atoms with Crippen LogP contribution in [0.1, 0.15) is 11.3 Å². The van der Waals surface area contributed by atoms with Crippen molar-refractivity contribution < 1.29 is 13.5 Å². The number of aliphatic imine (C=N–C) groups is 1. The summed E-state index contributed by atoms with van der Waals surface area (Å²) < 4.78 is 23.5. The van der Waals surface area contributed by atoms with E-state index in [1.54, 1.807) is 25.5 Å². The summed E-state index contributed by atoms with van der Waals surface area (Å²) in [5, 5.41) is 6.52. The summed E-state index contributed by atoms with van der Waals surface area (Å²) >= 11 is 0. The molecule has 0 amide bonds. The molecule has 0 saturated carbocycles. The zero-order chi connectivity index (χ0) is 17.0. The Morgan fingerprint density at radius 2 is 1.96 bits per heavy atom. The molecule has 2 N–H and O–H groups in total. The van der Waals surface area contributed by atoms with Crippen LogP contribution in [0.25, 0.3) is 0 Å². The summed E-state index contributed by atoms with van der Waals surface area (Å²) in [6.45, 7) is 2.52. The van der Waals surface area contributed by atoms with Gasteiger partial charge in [0.15, 0.2) is 5.96 Å². The average Bonchev–Trinajstić information content (AvgIpc) is 3.08. The Morgan fingerprint density at radius 3 is 2.64 bits per heavy atom. The van der Waals surface area contributed by atoms with Crippen LogP contribution in [0, 0.1) is 5.82 Å². The van der Waals surface area contributed by atoms with Gasteiger partial charge in [0.1, 0.15) is 11.6 Å². The van der Waals surface area contributed by atoms with E-state index in [0.29, 0.717) is 26.2 Å². The molecule has 2 rings (SSSR count). The second-order valence-corrected chi connectivity index (χ2v) is 5.29. The first kappa shape index (κ1) is 21.4. The van der Waals surface area contributed by atoms with Gasteiger partial charge in [-0.15, -0.1) is 24.0 Å². The lowest BCUT2D eigenvalue weighted by atomic mass is 10.1. The Labute approximate surface area is 165 Å². The van der Waals surface area contributed by atoms with Crippen LogP contribution in [0.5, 0.6) is 0 Å². The molecule has 0 atom stereocenters. The maximum atomic E-state index is 13.2. The molecule has 0 unspecified atom stereocenters. The van der Waals surface area contributed by atoms with Crippen LogP contribution < -0.4 is 10.6 Å². The van der Waals surface area contributed by atoms with Crippen LogP contribution in [0.3, 0.4) is 0 Å². The standard InChI is InChI=1S/C18H24FN3O2.HI/c1-23-13-11-22-18(21-10-8-17-6-3-12-24-17)20-9-7-15-4-2-5-16(19)14-15;/h2-6,12,14H,7-11,13H2,1H3,(H2,20,21,22);1H. The van der Waals surface area contributed by atoms with E-state index in [1.807, 2.05) is 18.2 Å². The monoisotopic (exact) mass is 461 g/mol. The van der Waals surface area contributed by atoms with Crippen molar-refractivity contribution in [3.63, 3.8) is 0 Å². The highest BCUT2D eigenvalue weighted by molar-refractivity contribution is 14.0. The van der Waals surface area contributed by atoms with Gasteiger partial charge in [-0.2, -0.15) is 0 Å². The molecule has 0 aliphatic carbocycles. The number of methoxy groups -OCH3 is 1. The van der Waals surface area contributed by atoms with E-state index in [-0.39, 0.29) is 29.8 Å². The van der Waals surface area contributed by atoms with Crippen LogP contribution in [0.2, 0.25) is 0 Å². The molecule has 0 spiro atoms. The van der Waals surface area contributed by atoms with Crippen molar-refractivity contribution >= 4 is 29.9 Å². The van der Waals surface area contributed by atoms with Gasteiger partial charge in [-0.3, -0.25) is 4.99 Å². The highest BCUT2D eigenvalue weighted by Crippen LogP contribution is 2.03. The van der Waals surface area contributed by atoms with E-state index in [1.165, 1.54) is 6.07 Å². The molecule has 0 aliphatic rings. The average molecular weight is 461 g/mol. The maximum Gasteiger partial charge on any atom is 0.191 e. The van der Waals surface area contributed by atoms with Gasteiger partial charge >= 0.3 is 0 Å². The topological polar surface area (TPSA) is 58.8 Å². The molecule has 1 aromatic heterocycles. The highest BCUT2D eigenvalue weighted by atomic mass is 127. The number of guanidine groups is 1. The zero-order valence-electron chi connectivity index (χ0n) is 14.3. The Kier molecular flexibility index (Phi) is 10.9. The number of halogens is 2. The molecule has 138 valence electrons. The van der Waals surface area contributed by atoms with Gasteiger partial charge in [0.05, 0.1) is 19.4 Å². The normalized spacial score (nSPS) is 11.0. The van der Waals surface area contributed by atoms with Crippen molar-refractivity contribution in [3.05, 3.63) is 59.8 Å². The molecular weight excluding hydrogens is 436 g/mol. The van der Waals surface area contributed by atoms with E-state index in [4.69, 9.17) is 9.15 Å². The smallest absolute Gasteiger partial charge is 0.191 e. The lowest BCUT2D eigenvalue weighted by molar-refractivity contribution is 0.208. The van der Waals surface area contributed by atoms with Gasteiger partial charge in [0.2, 0.25) is 0 Å². The molecule has 1 aromatic carbocycles. The van der Waals surface area contributed by atoms with Crippen LogP contribution in [0.15, 0.2) is 52.1 Å². The van der Waals surface area contributed by atoms with Gasteiger partial charge in [-0.25, -0.2) is 4.39 Å². The van der Waals surface area contributed by atoms with E-state index in [2.05, 4.69) is 15.6 Å². The molecule has 25 heavy (non-hydrogen) atoms. The van der Waals surface area contributed by atoms with E-state index in [9.17, 15) is 4.39 Å². The molecule has 7 heteroatoms. The van der Waals surface area contributed by atoms with Crippen molar-refractivity contribution in [2.75, 3.05) is 33.4 Å². The van der Waals surface area contributed by atoms with E-state index >= 15 is 0 Å². The summed E-state index contributed by atoms with van der Waals surface area (Å²) in [5.41, 5.74) is 0.953. The van der Waals surface area contributed by atoms with Crippen molar-refractivity contribution in [2.24, 2.45) is 4.99 Å². The maximum absolute atomic E-state index is 13.2. The third-order valence-corrected chi connectivity index (χ3v) is 3.40. The summed E-state index contributed by atoms with van der Waals surface area (Å²) in [6.07, 6.45) is 3.17. The lowest BCUT2D eigenvalue weighted by Gasteiger charge is -2.12. The number of benzene rings is 1. The van der Waals surface area contributed by atoms with E-state index in [0.717, 1.165) is 30.1 Å². The number of ether oxygens (including phenoxy) is 1. The van der Waals surface area contributed by atoms with Gasteiger partial charge < -0.3 is 19.8 Å². The summed E-state index contributed by atoms with van der Waals surface area (Å²) in [6, 6.07) is 10.5. The fourth-order valence-corrected chi connectivity index (χ4v) is 2.20. The van der Waals surface area contributed by atoms with Crippen molar-refractivity contribution in [2.45, 2.75) is 12.8 Å². The van der Waals surface area contributed by atoms with Crippen LogP contribution in [-0.4, -0.2) is 39.3 Å². The third-order valence-electron chi connectivity index (χ3n) is 3.40. The highest BCUT2D eigenvalue weighted by Gasteiger charge is 2.01. The minimum Gasteiger partial charge on any atom is -0.469 e. The van der Waals surface area contributed by atoms with Gasteiger partial charge in [0.25, 0.3) is 0 Å². The predicted molar refractivity (Wildman–Crippen MR) is 108 cm³/mol. The zero-order valence-corrected chi connectivity index (χ0v) is 16.7. The number of rotatable bonds is 9. The van der Waals surface area contributed by atoms with E-state index < -0.39 is 0 Å². The summed E-state index contributed by atoms with van der Waals surface area (Å²) in [7, 11) is 1.65. The molecule has 0 radical (unpaired) electrons. The number of furan rings is 1. The molecule has 0 saturated heterocycles. The second-order valence-electron chi connectivity index (χ2n) is 5.29. The molecule has 5 nitrogen and oxygen atoms in total. The molecule has 2 aromatic rings. The lowest BCUT2D eigenvalue weighted by Crippen LogP contribution is -2.39. The number of nitrogens with zero attached hydrogens (tertiary/aromatic N) is 1. The fraction of sp³-hybridized carbons (Fsp3) is 0.389. The first-order valence-electron chi connectivity index (χ1n) is 8.06.